The molecule has 6 heterocycles. The minimum Gasteiger partial charge on any atom is -0.458 e. The molecule has 6 atom stereocenters. The number of phosphoric acid groups is 1. The maximum absolute atomic E-state index is 13.8. The number of hydrogen-bond donors (Lipinski definition) is 3. The number of pyridine rings is 2. The molecule has 0 aliphatic carbocycles. The molecule has 0 radical (unpaired) electrons. The number of ether oxygens (including phenoxy) is 3. The summed E-state index contributed by atoms with van der Waals surface area (Å²) in [5.74, 6) is -1.87. The van der Waals surface area contributed by atoms with E-state index in [0.717, 1.165) is 34.7 Å². The maximum atomic E-state index is 13.8. The number of benzene rings is 1. The first-order valence-electron chi connectivity index (χ1n) is 15.2. The molecule has 1 fully saturated rings. The number of aromatic nitrogens is 4. The van der Waals surface area contributed by atoms with Crippen molar-refractivity contribution in [3.63, 3.8) is 0 Å². The van der Waals surface area contributed by atoms with Crippen LogP contribution >= 0.6 is 7.82 Å². The molecular weight excluding hydrogens is 667 g/mol. The van der Waals surface area contributed by atoms with Crippen LogP contribution in [0.4, 0.5) is 0 Å². The maximum Gasteiger partial charge on any atom is 0.473 e. The molecule has 18 heteroatoms. The van der Waals surface area contributed by atoms with Gasteiger partial charge in [-0.2, -0.15) is 0 Å². The fourth-order valence-electron chi connectivity index (χ4n) is 6.50. The first-order valence-corrected chi connectivity index (χ1v) is 16.6. The number of hydrogen-bond acceptors (Lipinski definition) is 13. The number of rotatable bonds is 8. The molecule has 256 valence electrons. The van der Waals surface area contributed by atoms with Crippen LogP contribution in [-0.4, -0.2) is 66.0 Å². The number of H-pyrrole nitrogens is 1. The van der Waals surface area contributed by atoms with Crippen LogP contribution in [0, 0.1) is 0 Å². The Bertz CT molecular complexity index is 2260. The Morgan fingerprint density at radius 2 is 1.96 bits per heavy atom. The van der Waals surface area contributed by atoms with Gasteiger partial charge < -0.3 is 28.8 Å². The number of nitrogens with one attached hydrogen (secondary N) is 1. The predicted octanol–water partition coefficient (Wildman–Crippen LogP) is 0.961. The molecule has 1 unspecified atom stereocenters. The summed E-state index contributed by atoms with van der Waals surface area (Å²) in [6.45, 7) is 1.53. The molecule has 3 N–H and O–H groups in total. The smallest absolute Gasteiger partial charge is 0.458 e. The molecule has 0 bridgehead atoms. The molecular formula is C31H29N4O13P. The van der Waals surface area contributed by atoms with Crippen molar-refractivity contribution in [2.75, 3.05) is 6.61 Å². The first-order chi connectivity index (χ1) is 23.3. The number of phosphoric ester groups is 1. The van der Waals surface area contributed by atoms with Crippen LogP contribution in [0.5, 0.6) is 0 Å². The van der Waals surface area contributed by atoms with Gasteiger partial charge in [0.05, 0.1) is 35.6 Å². The lowest BCUT2D eigenvalue weighted by Crippen LogP contribution is -2.46. The van der Waals surface area contributed by atoms with Crippen LogP contribution in [0.2, 0.25) is 0 Å². The van der Waals surface area contributed by atoms with Gasteiger partial charge in [0.1, 0.15) is 18.8 Å². The minimum absolute atomic E-state index is 0.0195. The zero-order chi connectivity index (χ0) is 34.8. The highest BCUT2D eigenvalue weighted by molar-refractivity contribution is 7.47. The van der Waals surface area contributed by atoms with Crippen LogP contribution in [-0.2, 0) is 56.2 Å². The van der Waals surface area contributed by atoms with Crippen LogP contribution < -0.4 is 16.8 Å². The number of aliphatic hydroxyl groups is 1. The topological polar surface area (TPSA) is 228 Å². The largest absolute Gasteiger partial charge is 0.473 e. The lowest BCUT2D eigenvalue weighted by atomic mass is 9.86. The average Bonchev–Trinajstić information content (AvgIpc) is 3.56. The summed E-state index contributed by atoms with van der Waals surface area (Å²) in [4.78, 5) is 80.7. The number of cyclic esters (lactones) is 1. The van der Waals surface area contributed by atoms with E-state index < -0.39 is 79.9 Å². The Hall–Kier alpha value is -4.77. The number of aromatic amines is 1. The van der Waals surface area contributed by atoms with Crippen molar-refractivity contribution < 1.29 is 47.4 Å². The fraction of sp³-hybridized carbons (Fsp3) is 0.355. The lowest BCUT2D eigenvalue weighted by Gasteiger charge is -2.36. The van der Waals surface area contributed by atoms with E-state index in [4.69, 9.17) is 28.2 Å². The van der Waals surface area contributed by atoms with E-state index in [2.05, 4.69) is 0 Å². The molecule has 7 rings (SSSR count). The van der Waals surface area contributed by atoms with E-state index in [1.807, 2.05) is 35.3 Å². The normalized spacial score (nSPS) is 25.3. The van der Waals surface area contributed by atoms with Crippen molar-refractivity contribution >= 4 is 30.7 Å². The van der Waals surface area contributed by atoms with E-state index in [1.165, 1.54) is 17.6 Å². The summed E-state index contributed by atoms with van der Waals surface area (Å²) in [6, 6.07) is 11.9. The number of nitrogens with zero attached hydrogens (tertiary/aromatic N) is 3. The number of aliphatic hydroxyl groups excluding tert-OH is 1. The number of para-hydroxylation sites is 1. The van der Waals surface area contributed by atoms with Crippen molar-refractivity contribution in [1.29, 1.82) is 0 Å². The van der Waals surface area contributed by atoms with E-state index >= 15 is 0 Å². The Morgan fingerprint density at radius 3 is 2.69 bits per heavy atom. The molecule has 0 saturated carbocycles. The van der Waals surface area contributed by atoms with Gasteiger partial charge in [0.15, 0.2) is 12.3 Å². The molecule has 3 aliphatic rings. The van der Waals surface area contributed by atoms with E-state index in [0.29, 0.717) is 16.9 Å². The van der Waals surface area contributed by atoms with Crippen LogP contribution in [0.1, 0.15) is 43.2 Å². The van der Waals surface area contributed by atoms with Crippen LogP contribution in [0.25, 0.3) is 22.3 Å². The summed E-state index contributed by atoms with van der Waals surface area (Å²) >= 11 is 0. The summed E-state index contributed by atoms with van der Waals surface area (Å²) in [5.41, 5.74) is -1.98. The number of esters is 2. The van der Waals surface area contributed by atoms with E-state index in [-0.39, 0.29) is 24.1 Å². The molecule has 1 saturated heterocycles. The molecule has 4 aromatic rings. The molecule has 0 amide bonds. The van der Waals surface area contributed by atoms with Gasteiger partial charge in [-0.05, 0) is 24.6 Å². The Balaban J connectivity index is 1.20. The average molecular weight is 697 g/mol. The highest BCUT2D eigenvalue weighted by Gasteiger charge is 2.54. The van der Waals surface area contributed by atoms with Gasteiger partial charge in [-0.25, -0.2) is 19.1 Å². The van der Waals surface area contributed by atoms with Gasteiger partial charge in [-0.15, -0.1) is 0 Å². The van der Waals surface area contributed by atoms with Crippen LogP contribution in [0.3, 0.4) is 0 Å². The van der Waals surface area contributed by atoms with Gasteiger partial charge in [-0.1, -0.05) is 25.1 Å². The zero-order valence-electron chi connectivity index (χ0n) is 25.9. The highest BCUT2D eigenvalue weighted by atomic mass is 31.2. The molecule has 49 heavy (non-hydrogen) atoms. The quantitative estimate of drug-likeness (QED) is 0.152. The Morgan fingerprint density at radius 1 is 1.18 bits per heavy atom. The Labute approximate surface area is 275 Å². The van der Waals surface area contributed by atoms with Gasteiger partial charge >= 0.3 is 25.5 Å². The van der Waals surface area contributed by atoms with Crippen molar-refractivity contribution in [2.45, 2.75) is 63.6 Å². The van der Waals surface area contributed by atoms with Gasteiger partial charge in [0, 0.05) is 35.7 Å². The minimum atomic E-state index is -5.25. The van der Waals surface area contributed by atoms with Gasteiger partial charge in [-0.3, -0.25) is 33.0 Å². The van der Waals surface area contributed by atoms with Crippen LogP contribution in [0.15, 0.2) is 63.0 Å². The second-order valence-corrected chi connectivity index (χ2v) is 13.1. The molecule has 3 aromatic heterocycles. The summed E-state index contributed by atoms with van der Waals surface area (Å²) in [5, 5.41) is 11.8. The van der Waals surface area contributed by atoms with E-state index in [9.17, 15) is 38.5 Å². The third-order valence-corrected chi connectivity index (χ3v) is 9.81. The second-order valence-electron chi connectivity index (χ2n) is 11.8. The van der Waals surface area contributed by atoms with Gasteiger partial charge in [0.2, 0.25) is 5.60 Å². The first kappa shape index (κ1) is 32.8. The molecule has 1 aromatic carbocycles. The number of carbonyl (C=O) groups excluding carboxylic acids is 2. The lowest BCUT2D eigenvalue weighted by molar-refractivity contribution is -0.171. The third-order valence-electron chi connectivity index (χ3n) is 8.79. The van der Waals surface area contributed by atoms with Crippen molar-refractivity contribution in [3.8, 4) is 11.4 Å². The SMILES string of the molecule is CC[C@@]1(OP(=O)(O)OC[C@H]2O[C@@H](n3ccc(=O)[nH]c3=O)[C@H](O)[C@@H]2OC(C)=O)C(=O)OCc2c1cc1n(c2=O)Cc2cc3ccccc3nc2-1. The standard InChI is InChI=1S/C31H29N4O13P/c1-3-31(48-49(42,43)45-14-22-26(46-15(2)36)25(38)28(47-22)34-9-8-23(37)33-30(34)41)19-11-21-24-17(10-16-6-4-5-7-20(16)32-24)12-35(21)27(39)18(19)13-44-29(31)40/h4-11,22,25-26,28,38H,3,12-14H2,1-2H3,(H,42,43)(H,33,37,41)/t22-,25-,26-,28-,31+/m1/s1. The summed E-state index contributed by atoms with van der Waals surface area (Å²) in [7, 11) is -5.25. The van der Waals surface area contributed by atoms with Gasteiger partial charge in [0.25, 0.3) is 11.1 Å². The molecule has 17 nitrogen and oxygen atoms in total. The predicted molar refractivity (Wildman–Crippen MR) is 166 cm³/mol. The third kappa shape index (κ3) is 5.53. The van der Waals surface area contributed by atoms with Crippen molar-refractivity contribution in [1.82, 2.24) is 19.1 Å². The highest BCUT2D eigenvalue weighted by Crippen LogP contribution is 2.54. The van der Waals surface area contributed by atoms with Crippen molar-refractivity contribution in [3.05, 3.63) is 96.5 Å². The van der Waals surface area contributed by atoms with Crippen molar-refractivity contribution in [2.24, 2.45) is 0 Å². The summed E-state index contributed by atoms with van der Waals surface area (Å²) in [6.07, 6.45) is -5.29. The zero-order valence-corrected chi connectivity index (χ0v) is 26.8. The summed E-state index contributed by atoms with van der Waals surface area (Å²) < 4.78 is 42.9. The second kappa shape index (κ2) is 12.0. The number of fused-ring (bicyclic) bond motifs is 5. The van der Waals surface area contributed by atoms with E-state index in [1.54, 1.807) is 0 Å². The molecule has 0 spiro atoms. The molecule has 3 aliphatic heterocycles. The monoisotopic (exact) mass is 696 g/mol. The Kier molecular flexibility index (Phi) is 8.01. The fourth-order valence-corrected chi connectivity index (χ4v) is 7.59. The number of carbonyl (C=O) groups is 2.